The molecule has 2 unspecified atom stereocenters. The van der Waals surface area contributed by atoms with Gasteiger partial charge in [0.25, 0.3) is 0 Å². The smallest absolute Gasteiger partial charge is 0.374 e. The summed E-state index contributed by atoms with van der Waals surface area (Å²) in [6, 6.07) is 5.90. The molecule has 1 aliphatic rings. The monoisotopic (exact) mass is 380 g/mol. The molecular weight excluding hydrogens is 360 g/mol. The van der Waals surface area contributed by atoms with Crippen molar-refractivity contribution in [3.05, 3.63) is 41.8 Å². The lowest BCUT2D eigenvalue weighted by molar-refractivity contribution is -0.151. The zero-order chi connectivity index (χ0) is 19.7. The number of fused-ring (bicyclic) bond motifs is 1. The number of pyridine rings is 1. The van der Waals surface area contributed by atoms with Crippen LogP contribution in [0.3, 0.4) is 0 Å². The Balaban J connectivity index is 1.80. The van der Waals surface area contributed by atoms with Crippen molar-refractivity contribution in [3.63, 3.8) is 0 Å². The Morgan fingerprint density at radius 3 is 2.74 bits per heavy atom. The number of halogens is 4. The second-order valence-corrected chi connectivity index (χ2v) is 7.25. The molecule has 0 radical (unpaired) electrons. The van der Waals surface area contributed by atoms with E-state index in [0.717, 1.165) is 12.8 Å². The molecule has 1 aromatic carbocycles. The second kappa shape index (κ2) is 7.45. The SMILES string of the molecule is CC(CC#CC1CC1)(CC(F)(F)F)NC(O)c1cnc2c(F)cccc2c1. The van der Waals surface area contributed by atoms with Crippen molar-refractivity contribution in [2.45, 2.75) is 50.6 Å². The summed E-state index contributed by atoms with van der Waals surface area (Å²) in [6.45, 7) is 1.39. The van der Waals surface area contributed by atoms with Crippen molar-refractivity contribution in [2.24, 2.45) is 5.92 Å². The lowest BCUT2D eigenvalue weighted by atomic mass is 9.92. The van der Waals surface area contributed by atoms with Crippen LogP contribution in [0.1, 0.15) is 44.4 Å². The van der Waals surface area contributed by atoms with E-state index in [1.165, 1.54) is 31.3 Å². The van der Waals surface area contributed by atoms with Crippen LogP contribution in [0.25, 0.3) is 10.9 Å². The van der Waals surface area contributed by atoms with Crippen molar-refractivity contribution in [2.75, 3.05) is 0 Å². The van der Waals surface area contributed by atoms with Crippen molar-refractivity contribution < 1.29 is 22.7 Å². The molecule has 1 aliphatic carbocycles. The number of para-hydroxylation sites is 1. The zero-order valence-electron chi connectivity index (χ0n) is 14.8. The first-order valence-electron chi connectivity index (χ1n) is 8.70. The lowest BCUT2D eigenvalue weighted by Gasteiger charge is -2.32. The topological polar surface area (TPSA) is 45.1 Å². The maximum Gasteiger partial charge on any atom is 0.390 e. The molecule has 0 saturated heterocycles. The first kappa shape index (κ1) is 19.6. The first-order valence-corrected chi connectivity index (χ1v) is 8.70. The van der Waals surface area contributed by atoms with Gasteiger partial charge in [-0.05, 0) is 31.9 Å². The highest BCUT2D eigenvalue weighted by atomic mass is 19.4. The minimum atomic E-state index is -4.41. The summed E-state index contributed by atoms with van der Waals surface area (Å²) in [5.74, 6) is 5.55. The number of aliphatic hydroxyl groups excluding tert-OH is 1. The Hall–Kier alpha value is -2.17. The van der Waals surface area contributed by atoms with Gasteiger partial charge in [0.15, 0.2) is 0 Å². The summed E-state index contributed by atoms with van der Waals surface area (Å²) >= 11 is 0. The molecule has 3 rings (SSSR count). The van der Waals surface area contributed by atoms with E-state index in [0.29, 0.717) is 5.39 Å². The van der Waals surface area contributed by atoms with E-state index in [1.54, 1.807) is 6.07 Å². The molecule has 7 heteroatoms. The molecule has 3 nitrogen and oxygen atoms in total. The average Bonchev–Trinajstić information content (AvgIpc) is 3.37. The Labute approximate surface area is 154 Å². The predicted molar refractivity (Wildman–Crippen MR) is 94.0 cm³/mol. The maximum absolute atomic E-state index is 13.7. The summed E-state index contributed by atoms with van der Waals surface area (Å²) in [5.41, 5.74) is -1.06. The van der Waals surface area contributed by atoms with E-state index in [9.17, 15) is 22.7 Å². The van der Waals surface area contributed by atoms with Crippen molar-refractivity contribution in [3.8, 4) is 11.8 Å². The number of benzene rings is 1. The number of nitrogens with one attached hydrogen (secondary N) is 1. The molecule has 0 amide bonds. The summed E-state index contributed by atoms with van der Waals surface area (Å²) < 4.78 is 52.8. The van der Waals surface area contributed by atoms with Crippen LogP contribution in [-0.2, 0) is 0 Å². The van der Waals surface area contributed by atoms with Gasteiger partial charge in [0.2, 0.25) is 0 Å². The molecule has 2 atom stereocenters. The number of aromatic nitrogens is 1. The van der Waals surface area contributed by atoms with Crippen LogP contribution in [0.5, 0.6) is 0 Å². The number of aliphatic hydroxyl groups is 1. The number of hydrogen-bond donors (Lipinski definition) is 2. The molecular formula is C20H20F4N2O. The number of hydrogen-bond acceptors (Lipinski definition) is 3. The molecule has 1 aromatic heterocycles. The fourth-order valence-electron chi connectivity index (χ4n) is 2.93. The van der Waals surface area contributed by atoms with Gasteiger partial charge in [0.1, 0.15) is 17.6 Å². The highest BCUT2D eigenvalue weighted by molar-refractivity contribution is 5.79. The minimum absolute atomic E-state index is 0.0459. The van der Waals surface area contributed by atoms with Crippen LogP contribution in [0, 0.1) is 23.6 Å². The molecule has 0 aliphatic heterocycles. The summed E-state index contributed by atoms with van der Waals surface area (Å²) in [6.07, 6.45) is -3.75. The Kier molecular flexibility index (Phi) is 5.41. The fourth-order valence-corrected chi connectivity index (χ4v) is 2.93. The van der Waals surface area contributed by atoms with Gasteiger partial charge in [-0.25, -0.2) is 4.39 Å². The molecule has 144 valence electrons. The van der Waals surface area contributed by atoms with Gasteiger partial charge in [-0.1, -0.05) is 18.1 Å². The number of alkyl halides is 3. The molecule has 1 fully saturated rings. The second-order valence-electron chi connectivity index (χ2n) is 7.25. The van der Waals surface area contributed by atoms with Crippen molar-refractivity contribution in [1.29, 1.82) is 0 Å². The van der Waals surface area contributed by atoms with Crippen LogP contribution in [0.4, 0.5) is 17.6 Å². The van der Waals surface area contributed by atoms with E-state index in [2.05, 4.69) is 22.1 Å². The zero-order valence-corrected chi connectivity index (χ0v) is 14.8. The Morgan fingerprint density at radius 1 is 1.33 bits per heavy atom. The van der Waals surface area contributed by atoms with Gasteiger partial charge >= 0.3 is 6.18 Å². The summed E-state index contributed by atoms with van der Waals surface area (Å²) in [7, 11) is 0. The van der Waals surface area contributed by atoms with Crippen LogP contribution in [-0.4, -0.2) is 21.8 Å². The van der Waals surface area contributed by atoms with E-state index in [1.807, 2.05) is 0 Å². The standard InChI is InChI=1S/C20H20F4N2O/c1-19(12-20(22,23)24,9-3-4-13-7-8-13)26-18(27)15-10-14-5-2-6-16(21)17(14)25-11-15/h2,5-6,10-11,13,18,26-27H,7-9,12H2,1H3. The van der Waals surface area contributed by atoms with Gasteiger partial charge in [-0.2, -0.15) is 13.2 Å². The highest BCUT2D eigenvalue weighted by Gasteiger charge is 2.40. The van der Waals surface area contributed by atoms with E-state index in [-0.39, 0.29) is 23.4 Å². The van der Waals surface area contributed by atoms with Crippen LogP contribution >= 0.6 is 0 Å². The molecule has 0 spiro atoms. The number of rotatable bonds is 5. The Bertz CT molecular complexity index is 883. The molecule has 0 bridgehead atoms. The van der Waals surface area contributed by atoms with E-state index >= 15 is 0 Å². The molecule has 27 heavy (non-hydrogen) atoms. The van der Waals surface area contributed by atoms with E-state index < -0.39 is 30.2 Å². The summed E-state index contributed by atoms with van der Waals surface area (Å²) in [5, 5.41) is 13.5. The highest BCUT2D eigenvalue weighted by Crippen LogP contribution is 2.32. The van der Waals surface area contributed by atoms with Crippen molar-refractivity contribution in [1.82, 2.24) is 10.3 Å². The third kappa shape index (κ3) is 5.41. The fraction of sp³-hybridized carbons (Fsp3) is 0.450. The first-order chi connectivity index (χ1) is 12.7. The quantitative estimate of drug-likeness (QED) is 0.457. The molecule has 2 aromatic rings. The van der Waals surface area contributed by atoms with Gasteiger partial charge in [-0.3, -0.25) is 10.3 Å². The van der Waals surface area contributed by atoms with Gasteiger partial charge < -0.3 is 5.11 Å². The van der Waals surface area contributed by atoms with Crippen LogP contribution in [0.2, 0.25) is 0 Å². The van der Waals surface area contributed by atoms with Crippen LogP contribution < -0.4 is 5.32 Å². The predicted octanol–water partition coefficient (Wildman–Crippen LogP) is 4.47. The van der Waals surface area contributed by atoms with E-state index in [4.69, 9.17) is 0 Å². The van der Waals surface area contributed by atoms with Gasteiger partial charge in [0.05, 0.1) is 6.42 Å². The van der Waals surface area contributed by atoms with Gasteiger partial charge in [0, 0.05) is 35.0 Å². The lowest BCUT2D eigenvalue weighted by Crippen LogP contribution is -2.47. The van der Waals surface area contributed by atoms with Crippen molar-refractivity contribution >= 4 is 10.9 Å². The Morgan fingerprint density at radius 2 is 2.07 bits per heavy atom. The average molecular weight is 380 g/mol. The largest absolute Gasteiger partial charge is 0.390 e. The van der Waals surface area contributed by atoms with Gasteiger partial charge in [-0.15, -0.1) is 5.92 Å². The summed E-state index contributed by atoms with van der Waals surface area (Å²) in [4.78, 5) is 3.97. The molecule has 2 N–H and O–H groups in total. The number of nitrogens with zero attached hydrogens (tertiary/aromatic N) is 1. The normalized spacial score (nSPS) is 17.9. The third-order valence-corrected chi connectivity index (χ3v) is 4.44. The van der Waals surface area contributed by atoms with Crippen LogP contribution in [0.15, 0.2) is 30.5 Å². The minimum Gasteiger partial charge on any atom is -0.374 e. The maximum atomic E-state index is 13.7. The third-order valence-electron chi connectivity index (χ3n) is 4.44. The molecule has 1 saturated carbocycles. The molecule has 1 heterocycles.